The van der Waals surface area contributed by atoms with Crippen molar-refractivity contribution in [1.29, 1.82) is 0 Å². The first-order valence-electron chi connectivity index (χ1n) is 21.6. The van der Waals surface area contributed by atoms with E-state index in [9.17, 15) is 5.11 Å². The van der Waals surface area contributed by atoms with E-state index in [-0.39, 0.29) is 85.2 Å². The van der Waals surface area contributed by atoms with Gasteiger partial charge in [0.1, 0.15) is 0 Å². The fourth-order valence-electron chi connectivity index (χ4n) is 12.2. The first kappa shape index (κ1) is 41.5. The van der Waals surface area contributed by atoms with Crippen LogP contribution in [0.15, 0.2) is 0 Å². The lowest BCUT2D eigenvalue weighted by atomic mass is 9.73. The highest BCUT2D eigenvalue weighted by Gasteiger charge is 2.61. The van der Waals surface area contributed by atoms with E-state index in [1.807, 2.05) is 0 Å². The third-order valence-corrected chi connectivity index (χ3v) is 21.9. The van der Waals surface area contributed by atoms with Crippen LogP contribution in [0.4, 0.5) is 0 Å². The predicted octanol–water partition coefficient (Wildman–Crippen LogP) is 8.92. The molecule has 0 aromatic rings. The molecular formula is C43H78O8Si. The van der Waals surface area contributed by atoms with Gasteiger partial charge in [-0.15, -0.1) is 0 Å². The average molecular weight is 751 g/mol. The van der Waals surface area contributed by atoms with Crippen LogP contribution in [0.3, 0.4) is 0 Å². The SMILES string of the molecule is CC(C)[Si](O[C@H]1C[C@@H]2O[C@@H]3C[C@@H]4O[C@@H]5[C@@H](C)[C@H](C)[C@@]6(C[C@H](C)CO6)O[C@H]5[C@@H](C)[C@H](C)[C@H]4O[C@H]3C[C@@H](C)C[C@H]2O[C@@]1(C)[C@H](C)CCO)(C(C)C)C(C)C. The zero-order chi connectivity index (χ0) is 38.1. The van der Waals surface area contributed by atoms with Gasteiger partial charge in [0, 0.05) is 31.8 Å². The summed E-state index contributed by atoms with van der Waals surface area (Å²) in [5, 5.41) is 10.1. The van der Waals surface area contributed by atoms with Gasteiger partial charge >= 0.3 is 0 Å². The lowest BCUT2D eigenvalue weighted by molar-refractivity contribution is -0.335. The standard InChI is InChI=1S/C43H78O8Si/c1-23(2)52(24(3)4,25(5)6)51-38-20-35-36(49-42(38,14)28(9)15-16-44)18-26(7)17-33-34(46-35)19-37-39(47-33)29(10)30(11)41-40(48-37)31(12)32(13)43(50-41)21-27(8)22-45-43/h23-41,44H,15-22H2,1-14H3/t26-,27+,28-,29+,30+,31+,32+,33+,34-,35+,36-,37+,38+,39-,40-,41+,42+,43-/m1/s1. The Morgan fingerprint density at radius 1 is 0.654 bits per heavy atom. The molecule has 0 aliphatic carbocycles. The molecule has 52 heavy (non-hydrogen) atoms. The van der Waals surface area contributed by atoms with Crippen molar-refractivity contribution in [2.24, 2.45) is 41.4 Å². The molecule has 0 radical (unpaired) electrons. The Kier molecular flexibility index (Phi) is 12.5. The van der Waals surface area contributed by atoms with E-state index in [1.54, 1.807) is 0 Å². The molecule has 18 atom stereocenters. The quantitative estimate of drug-likeness (QED) is 0.247. The van der Waals surface area contributed by atoms with Gasteiger partial charge in [-0.2, -0.15) is 0 Å². The van der Waals surface area contributed by atoms with Crippen molar-refractivity contribution in [3.05, 3.63) is 0 Å². The highest BCUT2D eigenvalue weighted by Crippen LogP contribution is 2.54. The zero-order valence-electron chi connectivity index (χ0n) is 35.4. The minimum Gasteiger partial charge on any atom is -0.410 e. The van der Waals surface area contributed by atoms with Crippen LogP contribution in [0.1, 0.15) is 135 Å². The van der Waals surface area contributed by atoms with E-state index >= 15 is 0 Å². The van der Waals surface area contributed by atoms with Gasteiger partial charge in [0.2, 0.25) is 8.32 Å². The number of ether oxygens (including phenoxy) is 6. The Balaban J connectivity index is 1.28. The van der Waals surface area contributed by atoms with Crippen LogP contribution in [0.5, 0.6) is 0 Å². The molecule has 0 unspecified atom stereocenters. The molecule has 6 heterocycles. The second-order valence-corrected chi connectivity index (χ2v) is 25.5. The number of hydrogen-bond donors (Lipinski definition) is 1. The summed E-state index contributed by atoms with van der Waals surface area (Å²) in [5.41, 5.74) is 0.860. The molecule has 9 heteroatoms. The van der Waals surface area contributed by atoms with Crippen LogP contribution in [0, 0.1) is 41.4 Å². The van der Waals surface area contributed by atoms with Crippen LogP contribution < -0.4 is 0 Å². The molecular weight excluding hydrogens is 673 g/mol. The summed E-state index contributed by atoms with van der Waals surface area (Å²) >= 11 is 0. The highest BCUT2D eigenvalue weighted by atomic mass is 28.4. The fourth-order valence-corrected chi connectivity index (χ4v) is 17.8. The van der Waals surface area contributed by atoms with E-state index in [1.165, 1.54) is 0 Å². The molecule has 302 valence electrons. The van der Waals surface area contributed by atoms with Crippen molar-refractivity contribution >= 4 is 8.32 Å². The Morgan fingerprint density at radius 2 is 1.23 bits per heavy atom. The predicted molar refractivity (Wildman–Crippen MR) is 208 cm³/mol. The van der Waals surface area contributed by atoms with Crippen molar-refractivity contribution in [2.45, 2.75) is 218 Å². The smallest absolute Gasteiger partial charge is 0.200 e. The Labute approximate surface area is 318 Å². The Bertz CT molecular complexity index is 1180. The van der Waals surface area contributed by atoms with Crippen molar-refractivity contribution in [2.75, 3.05) is 13.2 Å². The Morgan fingerprint density at radius 3 is 1.83 bits per heavy atom. The lowest BCUT2D eigenvalue weighted by Gasteiger charge is -2.57. The van der Waals surface area contributed by atoms with Crippen LogP contribution in [0.25, 0.3) is 0 Å². The maximum Gasteiger partial charge on any atom is 0.200 e. The summed E-state index contributed by atoms with van der Waals surface area (Å²) in [5.74, 6) is 1.63. The molecule has 0 saturated carbocycles. The maximum atomic E-state index is 10.1. The molecule has 6 aliphatic heterocycles. The van der Waals surface area contributed by atoms with Crippen LogP contribution in [-0.2, 0) is 32.8 Å². The van der Waals surface area contributed by atoms with Crippen LogP contribution in [0.2, 0.25) is 16.6 Å². The molecule has 0 aromatic heterocycles. The zero-order valence-corrected chi connectivity index (χ0v) is 36.4. The van der Waals surface area contributed by atoms with E-state index in [4.69, 9.17) is 32.8 Å². The summed E-state index contributed by atoms with van der Waals surface area (Å²) in [6.07, 6.45) is 4.68. The number of aliphatic hydroxyl groups is 1. The fraction of sp³-hybridized carbons (Fsp3) is 1.00. The largest absolute Gasteiger partial charge is 0.410 e. The monoisotopic (exact) mass is 751 g/mol. The van der Waals surface area contributed by atoms with Gasteiger partial charge in [-0.1, -0.05) is 90.0 Å². The molecule has 1 spiro atoms. The van der Waals surface area contributed by atoms with Gasteiger partial charge in [0.05, 0.1) is 67.1 Å². The third-order valence-electron chi connectivity index (χ3n) is 15.8. The summed E-state index contributed by atoms with van der Waals surface area (Å²) in [6, 6.07) is 0. The molecule has 8 nitrogen and oxygen atoms in total. The van der Waals surface area contributed by atoms with Gasteiger partial charge in [0.15, 0.2) is 5.79 Å². The first-order chi connectivity index (χ1) is 24.4. The van der Waals surface area contributed by atoms with Gasteiger partial charge in [0.25, 0.3) is 0 Å². The summed E-state index contributed by atoms with van der Waals surface area (Å²) in [7, 11) is -2.25. The van der Waals surface area contributed by atoms with Crippen LogP contribution in [-0.4, -0.2) is 93.0 Å². The van der Waals surface area contributed by atoms with Crippen molar-refractivity contribution in [3.8, 4) is 0 Å². The molecule has 6 aliphatic rings. The molecule has 1 N–H and O–H groups in total. The molecule has 0 aromatic carbocycles. The summed E-state index contributed by atoms with van der Waals surface area (Å²) in [6.45, 7) is 33.6. The third kappa shape index (κ3) is 7.18. The van der Waals surface area contributed by atoms with E-state index in [0.29, 0.717) is 40.8 Å². The molecule has 6 saturated heterocycles. The second-order valence-electron chi connectivity index (χ2n) is 20.1. The lowest BCUT2D eigenvalue weighted by Crippen LogP contribution is -2.65. The number of aliphatic hydroxyl groups excluding tert-OH is 1. The Hall–Kier alpha value is -0.103. The molecule has 6 rings (SSSR count). The minimum absolute atomic E-state index is 0.00518. The van der Waals surface area contributed by atoms with Gasteiger partial charge in [-0.3, -0.25) is 0 Å². The minimum atomic E-state index is -2.25. The maximum absolute atomic E-state index is 10.1. The number of rotatable bonds is 8. The highest BCUT2D eigenvalue weighted by molar-refractivity contribution is 6.77. The van der Waals surface area contributed by atoms with Crippen LogP contribution >= 0.6 is 0 Å². The van der Waals surface area contributed by atoms with Crippen molar-refractivity contribution in [1.82, 2.24) is 0 Å². The van der Waals surface area contributed by atoms with Gasteiger partial charge in [-0.05, 0) is 78.3 Å². The summed E-state index contributed by atoms with van der Waals surface area (Å²) in [4.78, 5) is 0. The second kappa shape index (κ2) is 15.7. The average Bonchev–Trinajstić information content (AvgIpc) is 3.41. The van der Waals surface area contributed by atoms with Crippen molar-refractivity contribution < 1.29 is 38.0 Å². The number of hydrogen-bond acceptors (Lipinski definition) is 8. The molecule has 0 bridgehead atoms. The van der Waals surface area contributed by atoms with E-state index < -0.39 is 19.7 Å². The normalized spacial score (nSPS) is 49.2. The van der Waals surface area contributed by atoms with Crippen molar-refractivity contribution in [3.63, 3.8) is 0 Å². The topological polar surface area (TPSA) is 84.8 Å². The number of fused-ring (bicyclic) bond motifs is 4. The van der Waals surface area contributed by atoms with Gasteiger partial charge < -0.3 is 38.0 Å². The summed E-state index contributed by atoms with van der Waals surface area (Å²) < 4.78 is 50.4. The van der Waals surface area contributed by atoms with Gasteiger partial charge in [-0.25, -0.2) is 0 Å². The van der Waals surface area contributed by atoms with E-state index in [0.717, 1.165) is 38.7 Å². The first-order valence-corrected chi connectivity index (χ1v) is 23.8. The van der Waals surface area contributed by atoms with E-state index in [2.05, 4.69) is 96.9 Å². The molecule has 6 fully saturated rings. The molecule has 0 amide bonds.